The van der Waals surface area contributed by atoms with Gasteiger partial charge >= 0.3 is 5.97 Å². The molecule has 0 aliphatic carbocycles. The maximum atomic E-state index is 12.5. The van der Waals surface area contributed by atoms with Gasteiger partial charge in [-0.1, -0.05) is 18.2 Å². The Kier molecular flexibility index (Phi) is 5.74. The average molecular weight is 407 g/mol. The summed E-state index contributed by atoms with van der Waals surface area (Å²) in [5, 5.41) is 0. The van der Waals surface area contributed by atoms with Crippen molar-refractivity contribution >= 4 is 23.6 Å². The highest BCUT2D eigenvalue weighted by atomic mass is 16.5. The molecular weight excluding hydrogens is 382 g/mol. The van der Waals surface area contributed by atoms with E-state index >= 15 is 0 Å². The molecule has 0 N–H and O–H groups in total. The van der Waals surface area contributed by atoms with Crippen molar-refractivity contribution in [1.82, 2.24) is 0 Å². The van der Waals surface area contributed by atoms with Crippen LogP contribution >= 0.6 is 0 Å². The van der Waals surface area contributed by atoms with Crippen molar-refractivity contribution in [3.05, 3.63) is 59.2 Å². The monoisotopic (exact) mass is 407 g/mol. The quantitative estimate of drug-likeness (QED) is 0.541. The fourth-order valence-corrected chi connectivity index (χ4v) is 3.88. The number of carbonyl (C=O) groups is 2. The molecule has 30 heavy (non-hydrogen) atoms. The minimum Gasteiger partial charge on any atom is -0.493 e. The molecule has 0 spiro atoms. The molecular formula is C24H25NO5. The summed E-state index contributed by atoms with van der Waals surface area (Å²) in [6.07, 6.45) is 4.72. The first-order valence-electron chi connectivity index (χ1n) is 10.2. The molecule has 156 valence electrons. The minimum atomic E-state index is -0.576. The van der Waals surface area contributed by atoms with E-state index in [0.29, 0.717) is 18.9 Å². The number of esters is 1. The van der Waals surface area contributed by atoms with E-state index in [1.54, 1.807) is 11.0 Å². The molecule has 2 heterocycles. The summed E-state index contributed by atoms with van der Waals surface area (Å²) in [4.78, 5) is 26.3. The van der Waals surface area contributed by atoms with Gasteiger partial charge in [0.2, 0.25) is 0 Å². The SMILES string of the molecule is CCOc1cc2c(cc1/C=C/C(=O)OCC(=O)N1CCc3ccccc31)O[C@H](C)C2. The van der Waals surface area contributed by atoms with Gasteiger partial charge < -0.3 is 19.1 Å². The summed E-state index contributed by atoms with van der Waals surface area (Å²) in [5.41, 5.74) is 3.86. The molecule has 6 nitrogen and oxygen atoms in total. The van der Waals surface area contributed by atoms with E-state index in [1.807, 2.05) is 50.2 Å². The number of para-hydroxylation sites is 1. The molecule has 2 aromatic rings. The number of carbonyl (C=O) groups excluding carboxylic acids is 2. The fraction of sp³-hybridized carbons (Fsp3) is 0.333. The van der Waals surface area contributed by atoms with Crippen molar-refractivity contribution in [3.63, 3.8) is 0 Å². The molecule has 0 bridgehead atoms. The van der Waals surface area contributed by atoms with Crippen LogP contribution in [0.15, 0.2) is 42.5 Å². The average Bonchev–Trinajstić information content (AvgIpc) is 3.32. The van der Waals surface area contributed by atoms with Gasteiger partial charge in [0.1, 0.15) is 17.6 Å². The van der Waals surface area contributed by atoms with Gasteiger partial charge in [-0.2, -0.15) is 0 Å². The zero-order valence-corrected chi connectivity index (χ0v) is 17.2. The van der Waals surface area contributed by atoms with E-state index in [9.17, 15) is 9.59 Å². The van der Waals surface area contributed by atoms with E-state index in [-0.39, 0.29) is 18.6 Å². The summed E-state index contributed by atoms with van der Waals surface area (Å²) in [7, 11) is 0. The molecule has 0 aromatic heterocycles. The van der Waals surface area contributed by atoms with Crippen LogP contribution in [-0.4, -0.2) is 37.7 Å². The molecule has 0 saturated carbocycles. The highest BCUT2D eigenvalue weighted by molar-refractivity contribution is 5.98. The predicted molar refractivity (Wildman–Crippen MR) is 114 cm³/mol. The van der Waals surface area contributed by atoms with Gasteiger partial charge in [0.05, 0.1) is 6.61 Å². The van der Waals surface area contributed by atoms with Crippen molar-refractivity contribution in [2.75, 3.05) is 24.7 Å². The number of hydrogen-bond donors (Lipinski definition) is 0. The molecule has 6 heteroatoms. The third-order valence-electron chi connectivity index (χ3n) is 5.25. The van der Waals surface area contributed by atoms with Crippen molar-refractivity contribution < 1.29 is 23.8 Å². The summed E-state index contributed by atoms with van der Waals surface area (Å²) >= 11 is 0. The zero-order chi connectivity index (χ0) is 21.1. The largest absolute Gasteiger partial charge is 0.493 e. The van der Waals surface area contributed by atoms with E-state index in [4.69, 9.17) is 14.2 Å². The molecule has 0 unspecified atom stereocenters. The summed E-state index contributed by atoms with van der Waals surface area (Å²) < 4.78 is 16.7. The minimum absolute atomic E-state index is 0.125. The van der Waals surface area contributed by atoms with Crippen LogP contribution in [0.1, 0.15) is 30.5 Å². The second kappa shape index (κ2) is 8.61. The summed E-state index contributed by atoms with van der Waals surface area (Å²) in [5.74, 6) is 0.703. The second-order valence-electron chi connectivity index (χ2n) is 7.43. The van der Waals surface area contributed by atoms with Gasteiger partial charge in [0.25, 0.3) is 5.91 Å². The summed E-state index contributed by atoms with van der Waals surface area (Å²) in [6.45, 7) is 4.77. The first kappa shape index (κ1) is 20.0. The number of benzene rings is 2. The van der Waals surface area contributed by atoms with Crippen molar-refractivity contribution in [2.24, 2.45) is 0 Å². The first-order chi connectivity index (χ1) is 14.5. The Bertz CT molecular complexity index is 997. The molecule has 1 amide bonds. The lowest BCUT2D eigenvalue weighted by Gasteiger charge is -2.16. The third kappa shape index (κ3) is 4.17. The van der Waals surface area contributed by atoms with Crippen molar-refractivity contribution in [1.29, 1.82) is 0 Å². The second-order valence-corrected chi connectivity index (χ2v) is 7.43. The lowest BCUT2D eigenvalue weighted by atomic mass is 10.1. The number of amides is 1. The number of fused-ring (bicyclic) bond motifs is 2. The molecule has 2 aliphatic heterocycles. The Morgan fingerprint density at radius 3 is 2.90 bits per heavy atom. The third-order valence-corrected chi connectivity index (χ3v) is 5.25. The molecule has 0 radical (unpaired) electrons. The Labute approximate surface area is 176 Å². The molecule has 2 aliphatic rings. The van der Waals surface area contributed by atoms with E-state index in [0.717, 1.165) is 41.0 Å². The summed E-state index contributed by atoms with van der Waals surface area (Å²) in [6, 6.07) is 11.6. The van der Waals surface area contributed by atoms with Gasteiger partial charge in [-0.25, -0.2) is 4.79 Å². The van der Waals surface area contributed by atoms with Crippen LogP contribution in [0.4, 0.5) is 5.69 Å². The van der Waals surface area contributed by atoms with Crippen molar-refractivity contribution in [2.45, 2.75) is 32.8 Å². The van der Waals surface area contributed by atoms with E-state index < -0.39 is 5.97 Å². The normalized spacial score (nSPS) is 16.9. The van der Waals surface area contributed by atoms with Gasteiger partial charge in [0, 0.05) is 35.9 Å². The van der Waals surface area contributed by atoms with Crippen LogP contribution in [0.5, 0.6) is 11.5 Å². The van der Waals surface area contributed by atoms with Crippen LogP contribution < -0.4 is 14.4 Å². The van der Waals surface area contributed by atoms with Gasteiger partial charge in [-0.3, -0.25) is 4.79 Å². The molecule has 1 atom stereocenters. The molecule has 0 saturated heterocycles. The number of ether oxygens (including phenoxy) is 3. The molecule has 2 aromatic carbocycles. The van der Waals surface area contributed by atoms with Crippen LogP contribution in [0.2, 0.25) is 0 Å². The number of rotatable bonds is 6. The molecule has 4 rings (SSSR count). The lowest BCUT2D eigenvalue weighted by molar-refractivity contribution is -0.142. The number of nitrogens with zero attached hydrogens (tertiary/aromatic N) is 1. The standard InChI is InChI=1S/C24H25NO5/c1-3-28-21-14-19-12-16(2)30-22(19)13-18(21)8-9-24(27)29-15-23(26)25-11-10-17-6-4-5-7-20(17)25/h4-9,13-14,16H,3,10-12,15H2,1-2H3/b9-8+/t16-/m1/s1. The maximum absolute atomic E-state index is 12.5. The maximum Gasteiger partial charge on any atom is 0.331 e. The predicted octanol–water partition coefficient (Wildman–Crippen LogP) is 3.55. The number of anilines is 1. The lowest BCUT2D eigenvalue weighted by Crippen LogP contribution is -2.33. The van der Waals surface area contributed by atoms with Gasteiger partial charge in [0.15, 0.2) is 6.61 Å². The Balaban J connectivity index is 1.39. The first-order valence-corrected chi connectivity index (χ1v) is 10.2. The topological polar surface area (TPSA) is 65.1 Å². The highest BCUT2D eigenvalue weighted by Gasteiger charge is 2.25. The van der Waals surface area contributed by atoms with E-state index in [2.05, 4.69) is 0 Å². The van der Waals surface area contributed by atoms with Crippen LogP contribution in [0, 0.1) is 0 Å². The zero-order valence-electron chi connectivity index (χ0n) is 17.2. The highest BCUT2D eigenvalue weighted by Crippen LogP contribution is 2.35. The smallest absolute Gasteiger partial charge is 0.331 e. The van der Waals surface area contributed by atoms with Gasteiger partial charge in [-0.05, 0) is 50.1 Å². The van der Waals surface area contributed by atoms with Crippen molar-refractivity contribution in [3.8, 4) is 11.5 Å². The Morgan fingerprint density at radius 2 is 2.07 bits per heavy atom. The fourth-order valence-electron chi connectivity index (χ4n) is 3.88. The Morgan fingerprint density at radius 1 is 1.23 bits per heavy atom. The molecule has 0 fully saturated rings. The van der Waals surface area contributed by atoms with Crippen LogP contribution in [0.25, 0.3) is 6.08 Å². The van der Waals surface area contributed by atoms with Gasteiger partial charge in [-0.15, -0.1) is 0 Å². The van der Waals surface area contributed by atoms with E-state index in [1.165, 1.54) is 6.08 Å². The van der Waals surface area contributed by atoms with Crippen LogP contribution in [0.3, 0.4) is 0 Å². The number of hydrogen-bond acceptors (Lipinski definition) is 5. The Hall–Kier alpha value is -3.28. The van der Waals surface area contributed by atoms with Crippen LogP contribution in [-0.2, 0) is 27.2 Å².